The zero-order chi connectivity index (χ0) is 16.4. The minimum atomic E-state index is -3.66. The summed E-state index contributed by atoms with van der Waals surface area (Å²) in [5.41, 5.74) is 2.99. The summed E-state index contributed by atoms with van der Waals surface area (Å²) in [6, 6.07) is 15.0. The van der Waals surface area contributed by atoms with Crippen LogP contribution in [0.3, 0.4) is 0 Å². The van der Waals surface area contributed by atoms with Crippen LogP contribution in [0.4, 0.5) is 5.69 Å². The van der Waals surface area contributed by atoms with E-state index in [2.05, 4.69) is 14.9 Å². The lowest BCUT2D eigenvalue weighted by molar-refractivity contribution is 0.601. The molecule has 2 aromatic carbocycles. The molecule has 0 aliphatic heterocycles. The number of H-pyrrole nitrogens is 1. The Bertz CT molecular complexity index is 934. The molecule has 0 bridgehead atoms. The number of nitrogens with zero attached hydrogens (tertiary/aromatic N) is 1. The van der Waals surface area contributed by atoms with E-state index in [1.54, 1.807) is 30.3 Å². The highest BCUT2D eigenvalue weighted by Gasteiger charge is 2.14. The number of hydrogen-bond donors (Lipinski definition) is 2. The third kappa shape index (κ3) is 3.55. The standard InChI is InChI=1S/C16H14ClN3O2S/c1-11-9-16(19-18-11)12-3-2-4-14(10-12)20-23(21,22)15-7-5-13(17)6-8-15/h2-10,20H,1H3,(H,18,19). The van der Waals surface area contributed by atoms with Gasteiger partial charge in [0.05, 0.1) is 10.6 Å². The first-order chi connectivity index (χ1) is 10.9. The maximum Gasteiger partial charge on any atom is 0.261 e. The van der Waals surface area contributed by atoms with E-state index in [-0.39, 0.29) is 4.90 Å². The van der Waals surface area contributed by atoms with Gasteiger partial charge < -0.3 is 0 Å². The lowest BCUT2D eigenvalue weighted by atomic mass is 10.1. The van der Waals surface area contributed by atoms with Crippen molar-refractivity contribution in [1.82, 2.24) is 10.2 Å². The average Bonchev–Trinajstić information content (AvgIpc) is 2.94. The molecule has 0 fully saturated rings. The molecule has 3 rings (SSSR count). The fourth-order valence-electron chi connectivity index (χ4n) is 2.14. The smallest absolute Gasteiger partial charge is 0.261 e. The largest absolute Gasteiger partial charge is 0.282 e. The molecule has 7 heteroatoms. The van der Waals surface area contributed by atoms with Gasteiger partial charge in [0.1, 0.15) is 0 Å². The molecule has 118 valence electrons. The van der Waals surface area contributed by atoms with Crippen LogP contribution in [-0.2, 0) is 10.0 Å². The van der Waals surface area contributed by atoms with Gasteiger partial charge in [-0.2, -0.15) is 5.10 Å². The van der Waals surface area contributed by atoms with E-state index in [9.17, 15) is 8.42 Å². The normalized spacial score (nSPS) is 11.4. The number of aromatic nitrogens is 2. The van der Waals surface area contributed by atoms with Gasteiger partial charge in [0.25, 0.3) is 10.0 Å². The topological polar surface area (TPSA) is 74.8 Å². The first-order valence-corrected chi connectivity index (χ1v) is 8.71. The van der Waals surface area contributed by atoms with Crippen LogP contribution in [0.5, 0.6) is 0 Å². The molecule has 0 saturated heterocycles. The molecule has 0 aliphatic rings. The molecular formula is C16H14ClN3O2S. The van der Waals surface area contributed by atoms with E-state index in [0.29, 0.717) is 10.7 Å². The van der Waals surface area contributed by atoms with Crippen molar-refractivity contribution < 1.29 is 8.42 Å². The Kier molecular flexibility index (Phi) is 4.11. The van der Waals surface area contributed by atoms with Crippen LogP contribution in [0.15, 0.2) is 59.5 Å². The van der Waals surface area contributed by atoms with Gasteiger partial charge in [0.15, 0.2) is 0 Å². The predicted molar refractivity (Wildman–Crippen MR) is 91.0 cm³/mol. The van der Waals surface area contributed by atoms with E-state index in [1.807, 2.05) is 19.1 Å². The Morgan fingerprint density at radius 3 is 2.48 bits per heavy atom. The lowest BCUT2D eigenvalue weighted by Crippen LogP contribution is -2.12. The van der Waals surface area contributed by atoms with Gasteiger partial charge in [-0.25, -0.2) is 8.42 Å². The lowest BCUT2D eigenvalue weighted by Gasteiger charge is -2.09. The Morgan fingerprint density at radius 2 is 1.83 bits per heavy atom. The van der Waals surface area contributed by atoms with Crippen LogP contribution in [0.2, 0.25) is 5.02 Å². The van der Waals surface area contributed by atoms with Crippen molar-refractivity contribution in [3.05, 3.63) is 65.3 Å². The minimum absolute atomic E-state index is 0.155. The summed E-state index contributed by atoms with van der Waals surface area (Å²) in [5, 5.41) is 7.53. The molecular weight excluding hydrogens is 334 g/mol. The van der Waals surface area contributed by atoms with Crippen molar-refractivity contribution in [2.75, 3.05) is 4.72 Å². The van der Waals surface area contributed by atoms with Gasteiger partial charge >= 0.3 is 0 Å². The summed E-state index contributed by atoms with van der Waals surface area (Å²) in [7, 11) is -3.66. The first kappa shape index (κ1) is 15.6. The second kappa shape index (κ2) is 6.06. The zero-order valence-corrected chi connectivity index (χ0v) is 13.8. The Balaban J connectivity index is 1.89. The summed E-state index contributed by atoms with van der Waals surface area (Å²) in [4.78, 5) is 0.155. The summed E-state index contributed by atoms with van der Waals surface area (Å²) in [6.45, 7) is 1.91. The van der Waals surface area contributed by atoms with Crippen molar-refractivity contribution in [3.8, 4) is 11.3 Å². The fourth-order valence-corrected chi connectivity index (χ4v) is 3.31. The van der Waals surface area contributed by atoms with Gasteiger partial charge in [-0.3, -0.25) is 9.82 Å². The quantitative estimate of drug-likeness (QED) is 0.753. The van der Waals surface area contributed by atoms with Gasteiger partial charge in [0, 0.05) is 22.0 Å². The molecule has 0 amide bonds. The van der Waals surface area contributed by atoms with Crippen LogP contribution < -0.4 is 4.72 Å². The molecule has 1 heterocycles. The van der Waals surface area contributed by atoms with Crippen LogP contribution in [0.25, 0.3) is 11.3 Å². The summed E-state index contributed by atoms with van der Waals surface area (Å²) >= 11 is 5.79. The highest BCUT2D eigenvalue weighted by molar-refractivity contribution is 7.92. The third-order valence-electron chi connectivity index (χ3n) is 3.24. The van der Waals surface area contributed by atoms with E-state index in [1.165, 1.54) is 12.1 Å². The highest BCUT2D eigenvalue weighted by Crippen LogP contribution is 2.23. The molecule has 0 atom stereocenters. The van der Waals surface area contributed by atoms with E-state index < -0.39 is 10.0 Å². The molecule has 0 aliphatic carbocycles. The number of benzene rings is 2. The van der Waals surface area contributed by atoms with Crippen molar-refractivity contribution >= 4 is 27.3 Å². The number of aromatic amines is 1. The van der Waals surface area contributed by atoms with E-state index in [0.717, 1.165) is 17.0 Å². The molecule has 23 heavy (non-hydrogen) atoms. The number of halogens is 1. The van der Waals surface area contributed by atoms with Crippen LogP contribution in [0.1, 0.15) is 5.69 Å². The van der Waals surface area contributed by atoms with Crippen molar-refractivity contribution in [3.63, 3.8) is 0 Å². The van der Waals surface area contributed by atoms with Crippen LogP contribution in [0, 0.1) is 6.92 Å². The molecule has 3 aromatic rings. The van der Waals surface area contributed by atoms with Gasteiger partial charge in [-0.1, -0.05) is 23.7 Å². The highest BCUT2D eigenvalue weighted by atomic mass is 35.5. The number of anilines is 1. The Morgan fingerprint density at radius 1 is 1.09 bits per heavy atom. The number of sulfonamides is 1. The third-order valence-corrected chi connectivity index (χ3v) is 4.89. The number of aryl methyl sites for hydroxylation is 1. The summed E-state index contributed by atoms with van der Waals surface area (Å²) < 4.78 is 27.3. The molecule has 2 N–H and O–H groups in total. The maximum atomic E-state index is 12.4. The number of rotatable bonds is 4. The maximum absolute atomic E-state index is 12.4. The minimum Gasteiger partial charge on any atom is -0.282 e. The monoisotopic (exact) mass is 347 g/mol. The fraction of sp³-hybridized carbons (Fsp3) is 0.0625. The van der Waals surface area contributed by atoms with Crippen LogP contribution in [-0.4, -0.2) is 18.6 Å². The average molecular weight is 348 g/mol. The second-order valence-corrected chi connectivity index (χ2v) is 7.20. The predicted octanol–water partition coefficient (Wildman–Crippen LogP) is 3.84. The first-order valence-electron chi connectivity index (χ1n) is 6.85. The van der Waals surface area contributed by atoms with Crippen molar-refractivity contribution in [2.24, 2.45) is 0 Å². The SMILES string of the molecule is Cc1cc(-c2cccc(NS(=O)(=O)c3ccc(Cl)cc3)c2)n[nH]1. The molecule has 5 nitrogen and oxygen atoms in total. The van der Waals surface area contributed by atoms with Crippen molar-refractivity contribution in [2.45, 2.75) is 11.8 Å². The van der Waals surface area contributed by atoms with Crippen molar-refractivity contribution in [1.29, 1.82) is 0 Å². The molecule has 0 saturated carbocycles. The second-order valence-electron chi connectivity index (χ2n) is 5.08. The van der Waals surface area contributed by atoms with E-state index >= 15 is 0 Å². The van der Waals surface area contributed by atoms with E-state index in [4.69, 9.17) is 11.6 Å². The molecule has 0 radical (unpaired) electrons. The molecule has 0 unspecified atom stereocenters. The summed E-state index contributed by atoms with van der Waals surface area (Å²) in [6.07, 6.45) is 0. The Hall–Kier alpha value is -2.31. The van der Waals surface area contributed by atoms with Crippen LogP contribution >= 0.6 is 11.6 Å². The summed E-state index contributed by atoms with van der Waals surface area (Å²) in [5.74, 6) is 0. The molecule has 1 aromatic heterocycles. The van der Waals surface area contributed by atoms with Gasteiger partial charge in [-0.15, -0.1) is 0 Å². The van der Waals surface area contributed by atoms with Gasteiger partial charge in [-0.05, 0) is 49.4 Å². The van der Waals surface area contributed by atoms with Gasteiger partial charge in [0.2, 0.25) is 0 Å². The zero-order valence-electron chi connectivity index (χ0n) is 12.2. The number of nitrogens with one attached hydrogen (secondary N) is 2. The molecule has 0 spiro atoms. The Labute approximate surface area is 139 Å². The number of hydrogen-bond acceptors (Lipinski definition) is 3.